The van der Waals surface area contributed by atoms with Crippen LogP contribution in [0.2, 0.25) is 0 Å². The zero-order chi connectivity index (χ0) is 24.0. The fourth-order valence-electron chi connectivity index (χ4n) is 2.84. The number of benzene rings is 1. The lowest BCUT2D eigenvalue weighted by molar-refractivity contribution is -0.391. The van der Waals surface area contributed by atoms with Crippen LogP contribution in [0.3, 0.4) is 0 Å². The van der Waals surface area contributed by atoms with E-state index in [0.29, 0.717) is 5.76 Å². The van der Waals surface area contributed by atoms with Crippen LogP contribution in [-0.2, 0) is 5.41 Å². The minimum Gasteiger partial charge on any atom is -0.421 e. The summed E-state index contributed by atoms with van der Waals surface area (Å²) < 4.78 is 67.0. The lowest BCUT2D eigenvalue weighted by atomic mass is 9.93. The van der Waals surface area contributed by atoms with Gasteiger partial charge in [0, 0.05) is 29.4 Å². The molecule has 0 fully saturated rings. The first kappa shape index (κ1) is 22.4. The van der Waals surface area contributed by atoms with Gasteiger partial charge in [-0.3, -0.25) is 4.79 Å². The second-order valence-corrected chi connectivity index (χ2v) is 8.20. The molecule has 33 heavy (non-hydrogen) atoms. The highest BCUT2D eigenvalue weighted by Crippen LogP contribution is 2.47. The first-order chi connectivity index (χ1) is 15.4. The average Bonchev–Trinajstić information content (AvgIpc) is 3.18. The summed E-state index contributed by atoms with van der Waals surface area (Å²) in [5.74, 6) is -0.888. The Balaban J connectivity index is 1.55. The Bertz CT molecular complexity index is 1210. The third kappa shape index (κ3) is 4.41. The lowest BCUT2D eigenvalue weighted by Gasteiger charge is -2.31. The van der Waals surface area contributed by atoms with Crippen LogP contribution in [0.15, 0.2) is 47.1 Å². The predicted molar refractivity (Wildman–Crippen MR) is 108 cm³/mol. The highest BCUT2D eigenvalue weighted by molar-refractivity contribution is 6.07. The van der Waals surface area contributed by atoms with Crippen molar-refractivity contribution in [3.63, 3.8) is 0 Å². The molecule has 2 N–H and O–H groups in total. The Morgan fingerprint density at radius 1 is 1.00 bits per heavy atom. The number of alkyl halides is 4. The molecule has 8 nitrogen and oxygen atoms in total. The SMILES string of the molecule is CC(C)(C)c1cc(NC(=O)c2cccnc2Nc2ccc3c(c2)OC(F)(F)C(F)(F)O3)no1. The standard InChI is InChI=1S/C21H18F4N4O4/c1-19(2,3)15-10-16(29-33-15)28-18(30)12-5-4-8-26-17(12)27-11-6-7-13-14(9-11)32-21(24,25)20(22,23)31-13/h4-10H,1-3H3,(H,26,27)(H,28,29,30). The van der Waals surface area contributed by atoms with E-state index in [0.717, 1.165) is 12.1 Å². The van der Waals surface area contributed by atoms with Crippen LogP contribution < -0.4 is 20.1 Å². The minimum atomic E-state index is -4.85. The van der Waals surface area contributed by atoms with E-state index in [9.17, 15) is 22.4 Å². The number of nitrogens with one attached hydrogen (secondary N) is 2. The molecule has 0 bridgehead atoms. The molecule has 0 saturated heterocycles. The number of nitrogens with zero attached hydrogens (tertiary/aromatic N) is 2. The van der Waals surface area contributed by atoms with Gasteiger partial charge in [0.15, 0.2) is 17.3 Å². The molecule has 12 heteroatoms. The number of halogens is 4. The molecule has 3 heterocycles. The fourth-order valence-corrected chi connectivity index (χ4v) is 2.84. The molecule has 1 aliphatic heterocycles. The van der Waals surface area contributed by atoms with Crippen LogP contribution in [0, 0.1) is 0 Å². The van der Waals surface area contributed by atoms with Crippen molar-refractivity contribution < 1.29 is 36.4 Å². The number of carbonyl (C=O) groups excluding carboxylic acids is 1. The van der Waals surface area contributed by atoms with Gasteiger partial charge < -0.3 is 24.6 Å². The third-order valence-electron chi connectivity index (χ3n) is 4.56. The number of carbonyl (C=O) groups is 1. The molecule has 2 aromatic heterocycles. The summed E-state index contributed by atoms with van der Waals surface area (Å²) in [6, 6.07) is 7.94. The maximum Gasteiger partial charge on any atom is 0.507 e. The normalized spacial score (nSPS) is 16.2. The molecule has 0 unspecified atom stereocenters. The molecular weight excluding hydrogens is 448 g/mol. The summed E-state index contributed by atoms with van der Waals surface area (Å²) in [6.45, 7) is 5.77. The molecule has 1 aliphatic rings. The monoisotopic (exact) mass is 466 g/mol. The van der Waals surface area contributed by atoms with Gasteiger partial charge in [0.2, 0.25) is 0 Å². The fraction of sp³-hybridized carbons (Fsp3) is 0.286. The molecule has 174 valence electrons. The number of ether oxygens (including phenoxy) is 2. The Morgan fingerprint density at radius 3 is 2.36 bits per heavy atom. The van der Waals surface area contributed by atoms with Crippen LogP contribution >= 0.6 is 0 Å². The quantitative estimate of drug-likeness (QED) is 0.502. The van der Waals surface area contributed by atoms with E-state index >= 15 is 0 Å². The molecule has 4 rings (SSSR count). The molecule has 1 aromatic carbocycles. The number of anilines is 3. The van der Waals surface area contributed by atoms with Gasteiger partial charge in [-0.2, -0.15) is 17.6 Å². The number of rotatable bonds is 4. The third-order valence-corrected chi connectivity index (χ3v) is 4.56. The van der Waals surface area contributed by atoms with Crippen molar-refractivity contribution in [1.29, 1.82) is 0 Å². The van der Waals surface area contributed by atoms with Gasteiger partial charge in [0.25, 0.3) is 5.91 Å². The first-order valence-electron chi connectivity index (χ1n) is 9.64. The predicted octanol–water partition coefficient (Wildman–Crippen LogP) is 5.32. The largest absolute Gasteiger partial charge is 0.507 e. The van der Waals surface area contributed by atoms with Crippen molar-refractivity contribution in [3.8, 4) is 11.5 Å². The molecule has 0 atom stereocenters. The Labute approximate surface area is 184 Å². The van der Waals surface area contributed by atoms with Crippen molar-refractivity contribution in [2.45, 2.75) is 38.4 Å². The summed E-state index contributed by atoms with van der Waals surface area (Å²) in [4.78, 5) is 16.9. The smallest absolute Gasteiger partial charge is 0.421 e. The maximum absolute atomic E-state index is 13.5. The molecule has 0 aliphatic carbocycles. The van der Waals surface area contributed by atoms with Crippen molar-refractivity contribution in [1.82, 2.24) is 10.1 Å². The average molecular weight is 466 g/mol. The van der Waals surface area contributed by atoms with E-state index in [1.807, 2.05) is 20.8 Å². The van der Waals surface area contributed by atoms with E-state index < -0.39 is 29.6 Å². The number of aromatic nitrogens is 2. The highest BCUT2D eigenvalue weighted by atomic mass is 19.3. The van der Waals surface area contributed by atoms with E-state index in [1.165, 1.54) is 24.4 Å². The van der Waals surface area contributed by atoms with Crippen LogP contribution in [-0.4, -0.2) is 28.3 Å². The Kier molecular flexibility index (Phi) is 5.18. The summed E-state index contributed by atoms with van der Waals surface area (Å²) in [7, 11) is 0. The lowest BCUT2D eigenvalue weighted by Crippen LogP contribution is -2.52. The Hall–Kier alpha value is -3.83. The molecule has 3 aromatic rings. The molecule has 1 amide bonds. The number of hydrogen-bond donors (Lipinski definition) is 2. The number of fused-ring (bicyclic) bond motifs is 1. The summed E-state index contributed by atoms with van der Waals surface area (Å²) in [5.41, 5.74) is -0.0668. The van der Waals surface area contributed by atoms with E-state index in [1.54, 1.807) is 6.07 Å². The van der Waals surface area contributed by atoms with E-state index in [2.05, 4.69) is 30.2 Å². The molecule has 0 radical (unpaired) electrons. The topological polar surface area (TPSA) is 98.5 Å². The van der Waals surface area contributed by atoms with Gasteiger partial charge in [0.1, 0.15) is 11.6 Å². The van der Waals surface area contributed by atoms with Crippen molar-refractivity contribution >= 4 is 23.2 Å². The number of hydrogen-bond acceptors (Lipinski definition) is 7. The van der Waals surface area contributed by atoms with E-state index in [-0.39, 0.29) is 28.3 Å². The van der Waals surface area contributed by atoms with Gasteiger partial charge in [-0.1, -0.05) is 25.9 Å². The van der Waals surface area contributed by atoms with Gasteiger partial charge in [-0.15, -0.1) is 0 Å². The zero-order valence-electron chi connectivity index (χ0n) is 17.6. The van der Waals surface area contributed by atoms with Crippen molar-refractivity contribution in [3.05, 3.63) is 53.9 Å². The van der Waals surface area contributed by atoms with Crippen LogP contribution in [0.4, 0.5) is 34.9 Å². The Morgan fingerprint density at radius 2 is 1.70 bits per heavy atom. The van der Waals surface area contributed by atoms with Crippen LogP contribution in [0.5, 0.6) is 11.5 Å². The minimum absolute atomic E-state index is 0.0725. The first-order valence-corrected chi connectivity index (χ1v) is 9.64. The summed E-state index contributed by atoms with van der Waals surface area (Å²) in [6.07, 6.45) is -8.26. The highest BCUT2D eigenvalue weighted by Gasteiger charge is 2.65. The van der Waals surface area contributed by atoms with Gasteiger partial charge in [0.05, 0.1) is 5.56 Å². The van der Waals surface area contributed by atoms with Gasteiger partial charge in [-0.05, 0) is 24.3 Å². The zero-order valence-corrected chi connectivity index (χ0v) is 17.6. The van der Waals surface area contributed by atoms with Gasteiger partial charge >= 0.3 is 12.2 Å². The van der Waals surface area contributed by atoms with E-state index in [4.69, 9.17) is 4.52 Å². The summed E-state index contributed by atoms with van der Waals surface area (Å²) in [5, 5.41) is 9.20. The second-order valence-electron chi connectivity index (χ2n) is 8.20. The molecule has 0 saturated carbocycles. The summed E-state index contributed by atoms with van der Waals surface area (Å²) >= 11 is 0. The molecular formula is C21H18F4N4O4. The second kappa shape index (κ2) is 7.64. The van der Waals surface area contributed by atoms with Crippen LogP contribution in [0.1, 0.15) is 36.9 Å². The number of amides is 1. The van der Waals surface area contributed by atoms with Crippen molar-refractivity contribution in [2.75, 3.05) is 10.6 Å². The van der Waals surface area contributed by atoms with Crippen LogP contribution in [0.25, 0.3) is 0 Å². The maximum atomic E-state index is 13.5. The molecule has 0 spiro atoms. The number of pyridine rings is 1. The van der Waals surface area contributed by atoms with Gasteiger partial charge in [-0.25, -0.2) is 4.98 Å². The van der Waals surface area contributed by atoms with Crippen molar-refractivity contribution in [2.24, 2.45) is 0 Å².